The molecule has 1 aliphatic rings. The second-order valence-electron chi connectivity index (χ2n) is 5.13. The number of fused-ring (bicyclic) bond motifs is 1. The van der Waals surface area contributed by atoms with Crippen LogP contribution in [0, 0.1) is 0 Å². The third-order valence-corrected chi connectivity index (χ3v) is 4.39. The van der Waals surface area contributed by atoms with Crippen LogP contribution in [0.5, 0.6) is 0 Å². The molecule has 3 rings (SSSR count). The Morgan fingerprint density at radius 2 is 1.94 bits per heavy atom. The minimum atomic E-state index is 0.0404. The minimum absolute atomic E-state index is 0.0404. The molecule has 1 N–H and O–H groups in total. The summed E-state index contributed by atoms with van der Waals surface area (Å²) in [6.07, 6.45) is 6.65. The molecule has 0 aliphatic heterocycles. The smallest absolute Gasteiger partial charge is 0.134 e. The van der Waals surface area contributed by atoms with Gasteiger partial charge in [-0.1, -0.05) is 37.1 Å². The summed E-state index contributed by atoms with van der Waals surface area (Å²) in [6.45, 7) is 0. The average molecular weight is 261 g/mol. The van der Waals surface area contributed by atoms with E-state index in [2.05, 4.69) is 34.6 Å². The van der Waals surface area contributed by atoms with Crippen LogP contribution in [-0.4, -0.2) is 16.4 Å². The van der Waals surface area contributed by atoms with Gasteiger partial charge in [-0.2, -0.15) is 0 Å². The van der Waals surface area contributed by atoms with Crippen LogP contribution in [0.3, 0.4) is 0 Å². The van der Waals surface area contributed by atoms with Crippen LogP contribution < -0.4 is 5.32 Å². The van der Waals surface area contributed by atoms with Crippen molar-refractivity contribution in [3.8, 4) is 0 Å². The largest absolute Gasteiger partial charge is 0.363 e. The summed E-state index contributed by atoms with van der Waals surface area (Å²) < 4.78 is 0. The lowest BCUT2D eigenvalue weighted by molar-refractivity contribution is 0.538. The molecule has 94 valence electrons. The number of aromatic nitrogens is 1. The molecule has 2 aromatic rings. The van der Waals surface area contributed by atoms with E-state index in [0.717, 1.165) is 18.7 Å². The summed E-state index contributed by atoms with van der Waals surface area (Å²) in [6, 6.07) is 10.4. The molecule has 1 fully saturated rings. The number of hydrogen-bond donors (Lipinski definition) is 1. The number of pyridine rings is 1. The molecule has 1 aliphatic carbocycles. The molecular weight excluding hydrogens is 244 g/mol. The Balaban J connectivity index is 1.99. The zero-order chi connectivity index (χ0) is 12.4. The van der Waals surface area contributed by atoms with Crippen LogP contribution >= 0.6 is 11.6 Å². The van der Waals surface area contributed by atoms with E-state index in [1.54, 1.807) is 0 Å². The first-order chi connectivity index (χ1) is 8.83. The zero-order valence-electron chi connectivity index (χ0n) is 10.3. The quantitative estimate of drug-likeness (QED) is 0.837. The molecule has 0 radical (unpaired) electrons. The van der Waals surface area contributed by atoms with E-state index in [9.17, 15) is 0 Å². The number of halogens is 1. The molecule has 2 nitrogen and oxygen atoms in total. The fraction of sp³-hybridized carbons (Fsp3) is 0.400. The minimum Gasteiger partial charge on any atom is -0.363 e. The van der Waals surface area contributed by atoms with Gasteiger partial charge in [0.25, 0.3) is 0 Å². The summed E-state index contributed by atoms with van der Waals surface area (Å²) in [4.78, 5) is 4.49. The highest BCUT2D eigenvalue weighted by Gasteiger charge is 2.33. The zero-order valence-corrected chi connectivity index (χ0v) is 11.1. The molecule has 0 saturated heterocycles. The van der Waals surface area contributed by atoms with Crippen LogP contribution in [0.2, 0.25) is 0 Å². The lowest BCUT2D eigenvalue weighted by Gasteiger charge is -2.29. The maximum atomic E-state index is 6.18. The number of nitrogens with one attached hydrogen (secondary N) is 1. The van der Waals surface area contributed by atoms with Crippen molar-refractivity contribution in [2.45, 2.75) is 31.2 Å². The Kier molecular flexibility index (Phi) is 3.13. The molecule has 1 aromatic carbocycles. The maximum absolute atomic E-state index is 6.18. The number of hydrogen-bond acceptors (Lipinski definition) is 2. The van der Waals surface area contributed by atoms with Gasteiger partial charge in [-0.15, -0.1) is 11.6 Å². The monoisotopic (exact) mass is 260 g/mol. The molecule has 0 bridgehead atoms. The highest BCUT2D eigenvalue weighted by Crippen LogP contribution is 2.35. The van der Waals surface area contributed by atoms with Crippen LogP contribution in [-0.2, 0) is 0 Å². The third kappa shape index (κ3) is 2.05. The van der Waals surface area contributed by atoms with Crippen molar-refractivity contribution in [3.63, 3.8) is 0 Å². The molecule has 1 heterocycles. The van der Waals surface area contributed by atoms with E-state index in [-0.39, 0.29) is 5.54 Å². The fourth-order valence-electron chi connectivity index (χ4n) is 2.81. The van der Waals surface area contributed by atoms with E-state index >= 15 is 0 Å². The van der Waals surface area contributed by atoms with Crippen molar-refractivity contribution in [2.24, 2.45) is 0 Å². The predicted octanol–water partition coefficient (Wildman–Crippen LogP) is 4.20. The van der Waals surface area contributed by atoms with Crippen LogP contribution in [0.25, 0.3) is 10.8 Å². The molecule has 18 heavy (non-hydrogen) atoms. The van der Waals surface area contributed by atoms with Crippen LogP contribution in [0.15, 0.2) is 36.5 Å². The van der Waals surface area contributed by atoms with Crippen molar-refractivity contribution in [1.29, 1.82) is 0 Å². The number of alkyl halides is 1. The van der Waals surface area contributed by atoms with Gasteiger partial charge < -0.3 is 5.32 Å². The van der Waals surface area contributed by atoms with E-state index in [4.69, 9.17) is 11.6 Å². The van der Waals surface area contributed by atoms with Gasteiger partial charge in [0.15, 0.2) is 0 Å². The molecule has 0 spiro atoms. The summed E-state index contributed by atoms with van der Waals surface area (Å²) in [7, 11) is 0. The Morgan fingerprint density at radius 1 is 1.17 bits per heavy atom. The molecule has 0 atom stereocenters. The number of anilines is 1. The predicted molar refractivity (Wildman–Crippen MR) is 77.3 cm³/mol. The highest BCUT2D eigenvalue weighted by atomic mass is 35.5. The van der Waals surface area contributed by atoms with Crippen molar-refractivity contribution < 1.29 is 0 Å². The molecule has 0 amide bonds. The number of nitrogens with zero attached hydrogens (tertiary/aromatic N) is 1. The molecular formula is C15H17ClN2. The number of benzene rings is 1. The van der Waals surface area contributed by atoms with Gasteiger partial charge >= 0.3 is 0 Å². The Hall–Kier alpha value is -1.28. The normalized spacial score (nSPS) is 18.1. The summed E-state index contributed by atoms with van der Waals surface area (Å²) in [5.41, 5.74) is 0.0404. The van der Waals surface area contributed by atoms with Crippen molar-refractivity contribution in [3.05, 3.63) is 36.5 Å². The lowest BCUT2D eigenvalue weighted by Crippen LogP contribution is -2.37. The van der Waals surface area contributed by atoms with Gasteiger partial charge in [0.1, 0.15) is 5.82 Å². The first-order valence-electron chi connectivity index (χ1n) is 6.51. The van der Waals surface area contributed by atoms with Crippen LogP contribution in [0.1, 0.15) is 25.7 Å². The van der Waals surface area contributed by atoms with E-state index in [1.165, 1.54) is 23.6 Å². The second kappa shape index (κ2) is 4.77. The molecule has 0 unspecified atom stereocenters. The number of rotatable bonds is 3. The SMILES string of the molecule is ClCC1(Nc2nccc3ccccc23)CCCC1. The Labute approximate surface area is 112 Å². The van der Waals surface area contributed by atoms with Gasteiger partial charge in [0.2, 0.25) is 0 Å². The van der Waals surface area contributed by atoms with Crippen molar-refractivity contribution in [1.82, 2.24) is 4.98 Å². The van der Waals surface area contributed by atoms with E-state index in [0.29, 0.717) is 5.88 Å². The standard InChI is InChI=1S/C15H17ClN2/c16-11-15(8-3-4-9-15)18-14-13-6-2-1-5-12(13)7-10-17-14/h1-2,5-7,10H,3-4,8-9,11H2,(H,17,18). The maximum Gasteiger partial charge on any atom is 0.134 e. The van der Waals surface area contributed by atoms with Gasteiger partial charge in [-0.3, -0.25) is 0 Å². The lowest BCUT2D eigenvalue weighted by atomic mass is 10.00. The van der Waals surface area contributed by atoms with Gasteiger partial charge in [0, 0.05) is 17.5 Å². The summed E-state index contributed by atoms with van der Waals surface area (Å²) in [5.74, 6) is 1.62. The highest BCUT2D eigenvalue weighted by molar-refractivity contribution is 6.19. The summed E-state index contributed by atoms with van der Waals surface area (Å²) >= 11 is 6.18. The first kappa shape index (κ1) is 11.8. The van der Waals surface area contributed by atoms with Gasteiger partial charge in [0.05, 0.1) is 5.54 Å². The molecule has 1 saturated carbocycles. The Bertz CT molecular complexity index is 542. The van der Waals surface area contributed by atoms with Gasteiger partial charge in [-0.25, -0.2) is 4.98 Å². The fourth-order valence-corrected chi connectivity index (χ4v) is 3.15. The van der Waals surface area contributed by atoms with E-state index < -0.39 is 0 Å². The van der Waals surface area contributed by atoms with Crippen molar-refractivity contribution in [2.75, 3.05) is 11.2 Å². The van der Waals surface area contributed by atoms with Gasteiger partial charge in [-0.05, 0) is 24.3 Å². The summed E-state index contributed by atoms with van der Waals surface area (Å²) in [5, 5.41) is 6.00. The van der Waals surface area contributed by atoms with Crippen molar-refractivity contribution >= 4 is 28.2 Å². The second-order valence-corrected chi connectivity index (χ2v) is 5.39. The Morgan fingerprint density at radius 3 is 2.72 bits per heavy atom. The molecule has 1 aromatic heterocycles. The van der Waals surface area contributed by atoms with Crippen LogP contribution in [0.4, 0.5) is 5.82 Å². The first-order valence-corrected chi connectivity index (χ1v) is 7.04. The topological polar surface area (TPSA) is 24.9 Å². The molecule has 3 heteroatoms. The average Bonchev–Trinajstić information content (AvgIpc) is 2.88. The third-order valence-electron chi connectivity index (χ3n) is 3.87. The van der Waals surface area contributed by atoms with E-state index in [1.807, 2.05) is 12.3 Å².